The molecule has 1 aromatic rings. The van der Waals surface area contributed by atoms with Gasteiger partial charge in [0.25, 0.3) is 0 Å². The van der Waals surface area contributed by atoms with E-state index in [-0.39, 0.29) is 5.88 Å². The summed E-state index contributed by atoms with van der Waals surface area (Å²) in [4.78, 5) is 9.72. The van der Waals surface area contributed by atoms with E-state index in [1.807, 2.05) is 0 Å². The van der Waals surface area contributed by atoms with Crippen molar-refractivity contribution in [3.63, 3.8) is 0 Å². The fourth-order valence-corrected chi connectivity index (χ4v) is 0.727. The zero-order valence-electron chi connectivity index (χ0n) is 6.42. The molecule has 0 amide bonds. The lowest BCUT2D eigenvalue weighted by molar-refractivity contribution is -0.141. The summed E-state index contributed by atoms with van der Waals surface area (Å²) in [6.07, 6.45) is -4.54. The van der Waals surface area contributed by atoms with Crippen molar-refractivity contribution in [2.75, 3.05) is 0 Å². The molecule has 0 saturated carbocycles. The third-order valence-electron chi connectivity index (χ3n) is 1.27. The van der Waals surface area contributed by atoms with Gasteiger partial charge in [0.1, 0.15) is 0 Å². The Morgan fingerprint density at radius 1 is 1.62 bits per heavy atom. The number of nitrogens with zero attached hydrogens (tertiary/aromatic N) is 2. The first-order valence-electron chi connectivity index (χ1n) is 3.10. The Bertz CT molecular complexity index is 318. The number of aromatic nitrogens is 2. The molecule has 0 aromatic carbocycles. The maximum Gasteiger partial charge on any atom is 0.435 e. The Kier molecular flexibility index (Phi) is 2.26. The summed E-state index contributed by atoms with van der Waals surface area (Å²) in [5.74, 6) is -0.303. The molecule has 0 N–H and O–H groups in total. The lowest BCUT2D eigenvalue weighted by Crippen LogP contribution is -2.06. The monoisotopic (exact) mass is 193 g/mol. The summed E-state index contributed by atoms with van der Waals surface area (Å²) >= 11 is 0. The van der Waals surface area contributed by atoms with Crippen molar-refractivity contribution in [1.29, 1.82) is 0 Å². The van der Waals surface area contributed by atoms with E-state index in [1.165, 1.54) is 7.05 Å². The molecule has 0 fully saturated rings. The maximum absolute atomic E-state index is 12.0. The second-order valence-electron chi connectivity index (χ2n) is 2.17. The molecule has 13 heavy (non-hydrogen) atoms. The van der Waals surface area contributed by atoms with E-state index in [9.17, 15) is 18.0 Å². The van der Waals surface area contributed by atoms with E-state index in [0.717, 1.165) is 11.2 Å². The smallest absolute Gasteiger partial charge is 0.399 e. The van der Waals surface area contributed by atoms with Gasteiger partial charge in [-0.3, -0.25) is 0 Å². The van der Waals surface area contributed by atoms with E-state index in [4.69, 9.17) is 0 Å². The minimum atomic E-state index is -4.54. The van der Waals surface area contributed by atoms with Crippen LogP contribution in [0, 0.1) is 0 Å². The molecule has 1 heterocycles. The molecule has 7 heteroatoms. The molecule has 1 aromatic heterocycles. The van der Waals surface area contributed by atoms with Crippen molar-refractivity contribution < 1.29 is 22.7 Å². The fraction of sp³-hybridized carbons (Fsp3) is 0.333. The van der Waals surface area contributed by atoms with Crippen LogP contribution in [0.5, 0.6) is 5.88 Å². The first kappa shape index (κ1) is 9.56. The highest BCUT2D eigenvalue weighted by Crippen LogP contribution is 2.30. The number of halogens is 3. The SMILES string of the molecule is Cn1nc(C(F)(F)F)cc1O[C]=O. The van der Waals surface area contributed by atoms with Gasteiger partial charge in [-0.15, -0.1) is 0 Å². The summed E-state index contributed by atoms with van der Waals surface area (Å²) in [5.41, 5.74) is -1.11. The van der Waals surface area contributed by atoms with Crippen LogP contribution in [-0.2, 0) is 18.0 Å². The number of carbonyl (C=O) groups excluding carboxylic acids is 1. The Morgan fingerprint density at radius 3 is 2.62 bits per heavy atom. The van der Waals surface area contributed by atoms with Crippen molar-refractivity contribution in [3.8, 4) is 5.88 Å². The first-order chi connectivity index (χ1) is 5.95. The molecule has 4 nitrogen and oxygen atoms in total. The summed E-state index contributed by atoms with van der Waals surface area (Å²) in [6, 6.07) is 0.616. The molecule has 0 saturated heterocycles. The number of aryl methyl sites for hydroxylation is 1. The van der Waals surface area contributed by atoms with Crippen LogP contribution in [0.2, 0.25) is 0 Å². The largest absolute Gasteiger partial charge is 0.435 e. The zero-order valence-corrected chi connectivity index (χ0v) is 6.42. The van der Waals surface area contributed by atoms with Gasteiger partial charge >= 0.3 is 12.6 Å². The fourth-order valence-electron chi connectivity index (χ4n) is 0.727. The van der Waals surface area contributed by atoms with Gasteiger partial charge in [0.15, 0.2) is 5.69 Å². The lowest BCUT2D eigenvalue weighted by Gasteiger charge is -1.98. The second-order valence-corrected chi connectivity index (χ2v) is 2.17. The minimum Gasteiger partial charge on any atom is -0.399 e. The van der Waals surface area contributed by atoms with E-state index >= 15 is 0 Å². The first-order valence-corrected chi connectivity index (χ1v) is 3.10. The van der Waals surface area contributed by atoms with Crippen molar-refractivity contribution in [2.24, 2.45) is 7.05 Å². The van der Waals surface area contributed by atoms with Gasteiger partial charge in [0, 0.05) is 13.1 Å². The number of hydrogen-bond donors (Lipinski definition) is 0. The van der Waals surface area contributed by atoms with E-state index in [1.54, 1.807) is 0 Å². The summed E-state index contributed by atoms with van der Waals surface area (Å²) in [7, 11) is 1.22. The van der Waals surface area contributed by atoms with Crippen molar-refractivity contribution in [2.45, 2.75) is 6.18 Å². The number of hydrogen-bond acceptors (Lipinski definition) is 3. The Balaban J connectivity index is 3.01. The Morgan fingerprint density at radius 2 is 2.23 bits per heavy atom. The van der Waals surface area contributed by atoms with Crippen LogP contribution in [0.25, 0.3) is 0 Å². The third-order valence-corrected chi connectivity index (χ3v) is 1.27. The van der Waals surface area contributed by atoms with Gasteiger partial charge < -0.3 is 4.74 Å². The van der Waals surface area contributed by atoms with Crippen molar-refractivity contribution in [3.05, 3.63) is 11.8 Å². The quantitative estimate of drug-likeness (QED) is 0.700. The van der Waals surface area contributed by atoms with Gasteiger partial charge in [-0.2, -0.15) is 18.3 Å². The van der Waals surface area contributed by atoms with Crippen LogP contribution in [-0.4, -0.2) is 16.3 Å². The molecular weight excluding hydrogens is 189 g/mol. The average Bonchev–Trinajstić information content (AvgIpc) is 2.32. The molecular formula is C6H4F3N2O2. The van der Waals surface area contributed by atoms with E-state index in [2.05, 4.69) is 9.84 Å². The predicted octanol–water partition coefficient (Wildman–Crippen LogP) is 0.885. The summed E-state index contributed by atoms with van der Waals surface area (Å²) in [5, 5.41) is 3.09. The van der Waals surface area contributed by atoms with Crippen LogP contribution in [0.4, 0.5) is 13.2 Å². The number of ether oxygens (including phenoxy) is 1. The summed E-state index contributed by atoms with van der Waals surface area (Å²) in [6.45, 7) is 1.01. The molecule has 0 atom stereocenters. The van der Waals surface area contributed by atoms with Gasteiger partial charge in [0.05, 0.1) is 0 Å². The van der Waals surface area contributed by atoms with Crippen LogP contribution in [0.3, 0.4) is 0 Å². The topological polar surface area (TPSA) is 44.1 Å². The Hall–Kier alpha value is -1.53. The van der Waals surface area contributed by atoms with Crippen LogP contribution < -0.4 is 4.74 Å². The highest BCUT2D eigenvalue weighted by Gasteiger charge is 2.34. The second kappa shape index (κ2) is 3.08. The summed E-state index contributed by atoms with van der Waals surface area (Å²) < 4.78 is 40.9. The maximum atomic E-state index is 12.0. The number of rotatable bonds is 2. The molecule has 0 aliphatic heterocycles. The van der Waals surface area contributed by atoms with Crippen LogP contribution >= 0.6 is 0 Å². The molecule has 1 rings (SSSR count). The normalized spacial score (nSPS) is 11.4. The van der Waals surface area contributed by atoms with Gasteiger partial charge in [-0.1, -0.05) is 0 Å². The van der Waals surface area contributed by atoms with Crippen molar-refractivity contribution in [1.82, 2.24) is 9.78 Å². The number of alkyl halides is 3. The van der Waals surface area contributed by atoms with Gasteiger partial charge in [-0.25, -0.2) is 9.48 Å². The highest BCUT2D eigenvalue weighted by molar-refractivity contribution is 5.44. The van der Waals surface area contributed by atoms with E-state index < -0.39 is 11.9 Å². The van der Waals surface area contributed by atoms with Gasteiger partial charge in [0.2, 0.25) is 5.88 Å². The Labute approximate surface area is 70.9 Å². The minimum absolute atomic E-state index is 0.303. The molecule has 0 bridgehead atoms. The molecule has 0 spiro atoms. The molecule has 0 unspecified atom stereocenters. The van der Waals surface area contributed by atoms with E-state index in [0.29, 0.717) is 6.07 Å². The van der Waals surface area contributed by atoms with Gasteiger partial charge in [-0.05, 0) is 0 Å². The van der Waals surface area contributed by atoms with Crippen molar-refractivity contribution >= 4 is 6.47 Å². The highest BCUT2D eigenvalue weighted by atomic mass is 19.4. The third kappa shape index (κ3) is 1.98. The van der Waals surface area contributed by atoms with Crippen LogP contribution in [0.1, 0.15) is 5.69 Å². The predicted molar refractivity (Wildman–Crippen MR) is 34.5 cm³/mol. The standard InChI is InChI=1S/C6H4F3N2O2/c1-11-5(13-3-12)2-4(10-11)6(7,8)9/h2H,1H3. The zero-order chi connectivity index (χ0) is 10.1. The molecule has 0 aliphatic rings. The molecule has 71 valence electrons. The van der Waals surface area contributed by atoms with Crippen LogP contribution in [0.15, 0.2) is 6.07 Å². The average molecular weight is 193 g/mol. The lowest BCUT2D eigenvalue weighted by atomic mass is 10.4. The molecule has 1 radical (unpaired) electrons. The molecule has 0 aliphatic carbocycles.